The molecule has 0 radical (unpaired) electrons. The van der Waals surface area contributed by atoms with Gasteiger partial charge in [0.05, 0.1) is 6.10 Å². The first-order valence-corrected chi connectivity index (χ1v) is 6.53. The fraction of sp³-hybridized carbons (Fsp3) is 0.538. The van der Waals surface area contributed by atoms with Gasteiger partial charge in [-0.15, -0.1) is 0 Å². The van der Waals surface area contributed by atoms with Gasteiger partial charge in [-0.3, -0.25) is 0 Å². The lowest BCUT2D eigenvalue weighted by atomic mass is 9.99. The van der Waals surface area contributed by atoms with Crippen molar-refractivity contribution in [2.75, 3.05) is 7.11 Å². The van der Waals surface area contributed by atoms with Crippen LogP contribution in [0.15, 0.2) is 28.7 Å². The summed E-state index contributed by atoms with van der Waals surface area (Å²) in [6, 6.07) is 8.33. The molecule has 2 unspecified atom stereocenters. The largest absolute Gasteiger partial charge is 0.380 e. The molecule has 1 aliphatic rings. The van der Waals surface area contributed by atoms with E-state index in [9.17, 15) is 0 Å². The lowest BCUT2D eigenvalue weighted by Gasteiger charge is -2.22. The van der Waals surface area contributed by atoms with Crippen LogP contribution in [0.4, 0.5) is 0 Å². The van der Waals surface area contributed by atoms with Crippen LogP contribution >= 0.6 is 15.9 Å². The predicted octanol–water partition coefficient (Wildman–Crippen LogP) is 2.74. The Morgan fingerprint density at radius 2 is 2.12 bits per heavy atom. The molecule has 0 aliphatic heterocycles. The third-order valence-corrected chi connectivity index (χ3v) is 3.97. The Morgan fingerprint density at radius 3 is 2.69 bits per heavy atom. The highest BCUT2D eigenvalue weighted by atomic mass is 79.9. The second-order valence-corrected chi connectivity index (χ2v) is 5.35. The summed E-state index contributed by atoms with van der Waals surface area (Å²) in [5, 5.41) is 0. The van der Waals surface area contributed by atoms with Gasteiger partial charge in [-0.05, 0) is 36.8 Å². The molecule has 1 aliphatic carbocycles. The molecule has 1 aromatic carbocycles. The number of methoxy groups -OCH3 is 1. The summed E-state index contributed by atoms with van der Waals surface area (Å²) in [4.78, 5) is 0. The number of ether oxygens (including phenoxy) is 1. The van der Waals surface area contributed by atoms with E-state index in [0.29, 0.717) is 5.92 Å². The molecule has 2 N–H and O–H groups in total. The highest BCUT2D eigenvalue weighted by Gasteiger charge is 2.35. The van der Waals surface area contributed by atoms with Crippen molar-refractivity contribution in [1.29, 1.82) is 0 Å². The second kappa shape index (κ2) is 5.30. The van der Waals surface area contributed by atoms with Crippen LogP contribution < -0.4 is 5.73 Å². The molecular formula is C13H18BrNO. The van der Waals surface area contributed by atoms with Crippen LogP contribution in [0.2, 0.25) is 0 Å². The first-order valence-electron chi connectivity index (χ1n) is 5.74. The van der Waals surface area contributed by atoms with Gasteiger partial charge in [0.15, 0.2) is 0 Å². The fourth-order valence-corrected chi connectivity index (χ4v) is 2.62. The standard InChI is InChI=1S/C13H18BrNO/c1-16-13(9-6-7-9)12(15)8-10-4-2-3-5-11(10)14/h2-5,9,12-13H,6-8,15H2,1H3. The Bertz CT molecular complexity index is 352. The van der Waals surface area contributed by atoms with Gasteiger partial charge in [0.25, 0.3) is 0 Å². The number of rotatable bonds is 5. The van der Waals surface area contributed by atoms with Gasteiger partial charge in [0.2, 0.25) is 0 Å². The quantitative estimate of drug-likeness (QED) is 0.902. The number of halogens is 1. The van der Waals surface area contributed by atoms with Gasteiger partial charge in [-0.25, -0.2) is 0 Å². The van der Waals surface area contributed by atoms with Crippen molar-refractivity contribution >= 4 is 15.9 Å². The van der Waals surface area contributed by atoms with Crippen molar-refractivity contribution < 1.29 is 4.74 Å². The minimum Gasteiger partial charge on any atom is -0.380 e. The van der Waals surface area contributed by atoms with Crippen LogP contribution in [0.25, 0.3) is 0 Å². The van der Waals surface area contributed by atoms with Gasteiger partial charge in [-0.2, -0.15) is 0 Å². The molecule has 2 nitrogen and oxygen atoms in total. The number of hydrogen-bond donors (Lipinski definition) is 1. The zero-order valence-electron chi connectivity index (χ0n) is 9.53. The third-order valence-electron chi connectivity index (χ3n) is 3.19. The monoisotopic (exact) mass is 283 g/mol. The zero-order valence-corrected chi connectivity index (χ0v) is 11.1. The lowest BCUT2D eigenvalue weighted by molar-refractivity contribution is 0.0626. The van der Waals surface area contributed by atoms with Crippen molar-refractivity contribution in [1.82, 2.24) is 0 Å². The maximum absolute atomic E-state index is 6.22. The molecular weight excluding hydrogens is 266 g/mol. The van der Waals surface area contributed by atoms with Crippen LogP contribution in [0.3, 0.4) is 0 Å². The van der Waals surface area contributed by atoms with Crippen molar-refractivity contribution in [3.63, 3.8) is 0 Å². The summed E-state index contributed by atoms with van der Waals surface area (Å²) in [6.45, 7) is 0. The predicted molar refractivity (Wildman–Crippen MR) is 69.3 cm³/mol. The average molecular weight is 284 g/mol. The lowest BCUT2D eigenvalue weighted by Crippen LogP contribution is -2.39. The summed E-state index contributed by atoms with van der Waals surface area (Å²) in [5.74, 6) is 0.683. The van der Waals surface area contributed by atoms with Crippen LogP contribution in [0.5, 0.6) is 0 Å². The fourth-order valence-electron chi connectivity index (χ4n) is 2.18. The van der Waals surface area contributed by atoms with Gasteiger partial charge < -0.3 is 10.5 Å². The first-order chi connectivity index (χ1) is 7.72. The highest BCUT2D eigenvalue weighted by molar-refractivity contribution is 9.10. The highest BCUT2D eigenvalue weighted by Crippen LogP contribution is 2.36. The van der Waals surface area contributed by atoms with Crippen molar-refractivity contribution in [3.8, 4) is 0 Å². The van der Waals surface area contributed by atoms with Gasteiger partial charge in [0.1, 0.15) is 0 Å². The topological polar surface area (TPSA) is 35.2 Å². The second-order valence-electron chi connectivity index (χ2n) is 4.50. The smallest absolute Gasteiger partial charge is 0.0753 e. The SMILES string of the molecule is COC(C(N)Cc1ccccc1Br)C1CC1. The summed E-state index contributed by atoms with van der Waals surface area (Å²) in [6.07, 6.45) is 3.62. The summed E-state index contributed by atoms with van der Waals surface area (Å²) >= 11 is 3.55. The van der Waals surface area contributed by atoms with E-state index < -0.39 is 0 Å². The summed E-state index contributed by atoms with van der Waals surface area (Å²) < 4.78 is 6.64. The number of hydrogen-bond acceptors (Lipinski definition) is 2. The van der Waals surface area contributed by atoms with E-state index in [4.69, 9.17) is 10.5 Å². The zero-order chi connectivity index (χ0) is 11.5. The Balaban J connectivity index is 2.00. The van der Waals surface area contributed by atoms with Crippen LogP contribution in [0.1, 0.15) is 18.4 Å². The molecule has 0 saturated heterocycles. The van der Waals surface area contributed by atoms with Crippen molar-refractivity contribution in [2.24, 2.45) is 11.7 Å². The molecule has 1 saturated carbocycles. The Hall–Kier alpha value is -0.380. The minimum absolute atomic E-state index is 0.0937. The molecule has 1 aromatic rings. The molecule has 2 atom stereocenters. The molecule has 0 spiro atoms. The average Bonchev–Trinajstić information content (AvgIpc) is 3.07. The Kier molecular flexibility index (Phi) is 4.00. The van der Waals surface area contributed by atoms with E-state index >= 15 is 0 Å². The Morgan fingerprint density at radius 1 is 1.44 bits per heavy atom. The van der Waals surface area contributed by atoms with Gasteiger partial charge >= 0.3 is 0 Å². The van der Waals surface area contributed by atoms with E-state index in [1.165, 1.54) is 18.4 Å². The molecule has 0 aromatic heterocycles. The molecule has 1 fully saturated rings. The molecule has 0 amide bonds. The van der Waals surface area contributed by atoms with Gasteiger partial charge in [-0.1, -0.05) is 34.1 Å². The molecule has 16 heavy (non-hydrogen) atoms. The van der Waals surface area contributed by atoms with Crippen LogP contribution in [0, 0.1) is 5.92 Å². The third kappa shape index (κ3) is 2.84. The van der Waals surface area contributed by atoms with E-state index in [0.717, 1.165) is 10.9 Å². The maximum atomic E-state index is 6.22. The van der Waals surface area contributed by atoms with Crippen LogP contribution in [-0.4, -0.2) is 19.3 Å². The van der Waals surface area contributed by atoms with Crippen molar-refractivity contribution in [3.05, 3.63) is 34.3 Å². The molecule has 0 bridgehead atoms. The summed E-state index contributed by atoms with van der Waals surface area (Å²) in [7, 11) is 1.77. The molecule has 3 heteroatoms. The van der Waals surface area contributed by atoms with E-state index in [-0.39, 0.29) is 12.1 Å². The van der Waals surface area contributed by atoms with Crippen molar-refractivity contribution in [2.45, 2.75) is 31.4 Å². The normalized spacial score (nSPS) is 19.4. The number of benzene rings is 1. The van der Waals surface area contributed by atoms with E-state index in [2.05, 4.69) is 28.1 Å². The first kappa shape index (κ1) is 12.1. The molecule has 0 heterocycles. The minimum atomic E-state index is 0.0937. The van der Waals surface area contributed by atoms with E-state index in [1.807, 2.05) is 12.1 Å². The maximum Gasteiger partial charge on any atom is 0.0753 e. The summed E-state index contributed by atoms with van der Waals surface area (Å²) in [5.41, 5.74) is 7.49. The van der Waals surface area contributed by atoms with E-state index in [1.54, 1.807) is 7.11 Å². The number of nitrogens with two attached hydrogens (primary N) is 1. The van der Waals surface area contributed by atoms with Gasteiger partial charge in [0, 0.05) is 17.6 Å². The Labute approximate surface area is 105 Å². The molecule has 88 valence electrons. The van der Waals surface area contributed by atoms with Crippen LogP contribution in [-0.2, 0) is 11.2 Å². The molecule has 2 rings (SSSR count).